The Labute approximate surface area is 57.6 Å². The third-order valence-electron chi connectivity index (χ3n) is 2.65. The van der Waals surface area contributed by atoms with E-state index in [1.54, 1.807) is 0 Å². The summed E-state index contributed by atoms with van der Waals surface area (Å²) < 4.78 is 0. The molecule has 0 saturated heterocycles. The largest absolute Gasteiger partial charge is 0.0528 e. The molecule has 0 aliphatic heterocycles. The second-order valence-electron chi connectivity index (χ2n) is 3.61. The van der Waals surface area contributed by atoms with E-state index in [0.717, 1.165) is 11.8 Å². The van der Waals surface area contributed by atoms with Crippen LogP contribution in [-0.2, 0) is 0 Å². The minimum Gasteiger partial charge on any atom is -0.0528 e. The van der Waals surface area contributed by atoms with E-state index in [2.05, 4.69) is 6.42 Å². The molecule has 2 rings (SSSR count). The van der Waals surface area contributed by atoms with Gasteiger partial charge < -0.3 is 0 Å². The quantitative estimate of drug-likeness (QED) is 0.541. The van der Waals surface area contributed by atoms with Gasteiger partial charge in [-0.05, 0) is 24.7 Å². The molecule has 0 amide bonds. The zero-order valence-electron chi connectivity index (χ0n) is 5.97. The first-order chi connectivity index (χ1) is 4.45. The van der Waals surface area contributed by atoms with Gasteiger partial charge in [-0.2, -0.15) is 0 Å². The van der Waals surface area contributed by atoms with Gasteiger partial charge in [0.1, 0.15) is 0 Å². The first kappa shape index (κ1) is 5.76. The minimum absolute atomic E-state index is 1.03. The summed E-state index contributed by atoms with van der Waals surface area (Å²) in [5, 5.41) is 0. The van der Waals surface area contributed by atoms with E-state index in [1.165, 1.54) is 38.5 Å². The lowest BCUT2D eigenvalue weighted by Gasteiger charge is -2.24. The van der Waals surface area contributed by atoms with Gasteiger partial charge in [0.25, 0.3) is 0 Å². The predicted octanol–water partition coefficient (Wildman–Crippen LogP) is 2.79. The van der Waals surface area contributed by atoms with Crippen molar-refractivity contribution < 1.29 is 0 Å². The smallest absolute Gasteiger partial charge is 0.0352 e. The predicted molar refractivity (Wildman–Crippen MR) is 39.0 cm³/mol. The van der Waals surface area contributed by atoms with Gasteiger partial charge >= 0.3 is 0 Å². The SMILES string of the molecule is [CH](CC1CC1)C1CCC1. The highest BCUT2D eigenvalue weighted by Gasteiger charge is 2.24. The van der Waals surface area contributed by atoms with Crippen LogP contribution in [0.3, 0.4) is 0 Å². The molecule has 0 aromatic heterocycles. The summed E-state index contributed by atoms with van der Waals surface area (Å²) in [5.41, 5.74) is 0. The Kier molecular flexibility index (Phi) is 1.48. The number of hydrogen-bond acceptors (Lipinski definition) is 0. The standard InChI is InChI=1S/C9H15/c1-2-8(3-1)4-5-9-6-7-9/h4,8-9H,1-3,5-7H2. The van der Waals surface area contributed by atoms with Crippen LogP contribution in [0, 0.1) is 18.3 Å². The van der Waals surface area contributed by atoms with Crippen LogP contribution in [0.25, 0.3) is 0 Å². The average Bonchev–Trinajstić information content (AvgIpc) is 2.44. The molecule has 0 nitrogen and oxygen atoms in total. The molecule has 0 heterocycles. The molecule has 1 radical (unpaired) electrons. The monoisotopic (exact) mass is 123 g/mol. The Balaban J connectivity index is 1.55. The highest BCUT2D eigenvalue weighted by atomic mass is 14.3. The highest BCUT2D eigenvalue weighted by molar-refractivity contribution is 4.88. The van der Waals surface area contributed by atoms with Crippen molar-refractivity contribution in [3.05, 3.63) is 6.42 Å². The van der Waals surface area contributed by atoms with Gasteiger partial charge in [0.15, 0.2) is 0 Å². The Hall–Kier alpha value is 0. The Bertz CT molecular complexity index is 88.2. The summed E-state index contributed by atoms with van der Waals surface area (Å²) in [4.78, 5) is 0. The summed E-state index contributed by atoms with van der Waals surface area (Å²) in [6.07, 6.45) is 11.5. The molecule has 0 spiro atoms. The van der Waals surface area contributed by atoms with Crippen molar-refractivity contribution in [2.75, 3.05) is 0 Å². The molecular weight excluding hydrogens is 108 g/mol. The third-order valence-corrected chi connectivity index (χ3v) is 2.65. The molecule has 2 aliphatic carbocycles. The van der Waals surface area contributed by atoms with Crippen LogP contribution in [0.4, 0.5) is 0 Å². The zero-order chi connectivity index (χ0) is 6.10. The third kappa shape index (κ3) is 1.47. The molecule has 0 heteroatoms. The summed E-state index contributed by atoms with van der Waals surface area (Å²) >= 11 is 0. The van der Waals surface area contributed by atoms with Crippen LogP contribution >= 0.6 is 0 Å². The molecule has 0 unspecified atom stereocenters. The summed E-state index contributed by atoms with van der Waals surface area (Å²) in [6, 6.07) is 0. The average molecular weight is 123 g/mol. The maximum absolute atomic E-state index is 2.57. The molecule has 0 atom stereocenters. The Morgan fingerprint density at radius 2 is 1.89 bits per heavy atom. The Morgan fingerprint density at radius 1 is 1.11 bits per heavy atom. The minimum atomic E-state index is 1.03. The van der Waals surface area contributed by atoms with Crippen molar-refractivity contribution in [2.24, 2.45) is 11.8 Å². The van der Waals surface area contributed by atoms with E-state index >= 15 is 0 Å². The molecule has 2 saturated carbocycles. The van der Waals surface area contributed by atoms with Gasteiger partial charge in [0.2, 0.25) is 0 Å². The van der Waals surface area contributed by atoms with Gasteiger partial charge in [0.05, 0.1) is 0 Å². The fourth-order valence-electron chi connectivity index (χ4n) is 1.41. The number of hydrogen-bond donors (Lipinski definition) is 0. The van der Waals surface area contributed by atoms with Crippen LogP contribution in [0.15, 0.2) is 0 Å². The molecule has 0 aromatic carbocycles. The van der Waals surface area contributed by atoms with Gasteiger partial charge in [-0.15, -0.1) is 0 Å². The van der Waals surface area contributed by atoms with Crippen LogP contribution in [0.1, 0.15) is 38.5 Å². The van der Waals surface area contributed by atoms with E-state index in [9.17, 15) is 0 Å². The zero-order valence-corrected chi connectivity index (χ0v) is 5.97. The van der Waals surface area contributed by atoms with E-state index in [-0.39, 0.29) is 0 Å². The van der Waals surface area contributed by atoms with E-state index in [4.69, 9.17) is 0 Å². The lowest BCUT2D eigenvalue weighted by molar-refractivity contribution is 0.350. The highest BCUT2D eigenvalue weighted by Crippen LogP contribution is 2.38. The maximum atomic E-state index is 2.57. The van der Waals surface area contributed by atoms with Crippen LogP contribution < -0.4 is 0 Å². The lowest BCUT2D eigenvalue weighted by atomic mass is 9.82. The molecule has 2 fully saturated rings. The molecule has 2 aliphatic rings. The number of rotatable bonds is 3. The van der Waals surface area contributed by atoms with Crippen molar-refractivity contribution in [1.29, 1.82) is 0 Å². The van der Waals surface area contributed by atoms with Crippen molar-refractivity contribution in [3.8, 4) is 0 Å². The van der Waals surface area contributed by atoms with Gasteiger partial charge in [0, 0.05) is 0 Å². The molecule has 0 N–H and O–H groups in total. The second-order valence-corrected chi connectivity index (χ2v) is 3.61. The summed E-state index contributed by atoms with van der Waals surface area (Å²) in [7, 11) is 0. The van der Waals surface area contributed by atoms with Gasteiger partial charge in [-0.3, -0.25) is 0 Å². The maximum Gasteiger partial charge on any atom is -0.0352 e. The first-order valence-corrected chi connectivity index (χ1v) is 4.28. The van der Waals surface area contributed by atoms with Crippen LogP contribution in [0.2, 0.25) is 0 Å². The van der Waals surface area contributed by atoms with E-state index in [0.29, 0.717) is 0 Å². The van der Waals surface area contributed by atoms with Gasteiger partial charge in [-0.25, -0.2) is 0 Å². The van der Waals surface area contributed by atoms with Gasteiger partial charge in [-0.1, -0.05) is 32.1 Å². The second kappa shape index (κ2) is 2.32. The first-order valence-electron chi connectivity index (χ1n) is 4.28. The van der Waals surface area contributed by atoms with Crippen molar-refractivity contribution >= 4 is 0 Å². The molecular formula is C9H15. The van der Waals surface area contributed by atoms with Crippen molar-refractivity contribution in [1.82, 2.24) is 0 Å². The van der Waals surface area contributed by atoms with E-state index in [1.807, 2.05) is 0 Å². The Morgan fingerprint density at radius 3 is 2.33 bits per heavy atom. The lowest BCUT2D eigenvalue weighted by Crippen LogP contribution is -2.11. The van der Waals surface area contributed by atoms with E-state index < -0.39 is 0 Å². The van der Waals surface area contributed by atoms with Crippen LogP contribution in [0.5, 0.6) is 0 Å². The van der Waals surface area contributed by atoms with Crippen LogP contribution in [-0.4, -0.2) is 0 Å². The summed E-state index contributed by atoms with van der Waals surface area (Å²) in [5.74, 6) is 2.15. The topological polar surface area (TPSA) is 0 Å². The van der Waals surface area contributed by atoms with Crippen molar-refractivity contribution in [2.45, 2.75) is 38.5 Å². The molecule has 51 valence electrons. The molecule has 0 aromatic rings. The van der Waals surface area contributed by atoms with Crippen molar-refractivity contribution in [3.63, 3.8) is 0 Å². The normalized spacial score (nSPS) is 28.0. The summed E-state index contributed by atoms with van der Waals surface area (Å²) in [6.45, 7) is 0. The molecule has 0 bridgehead atoms. The molecule has 9 heavy (non-hydrogen) atoms. The fourth-order valence-corrected chi connectivity index (χ4v) is 1.41. The fraction of sp³-hybridized carbons (Fsp3) is 0.889.